The van der Waals surface area contributed by atoms with Gasteiger partial charge < -0.3 is 4.42 Å². The molecule has 8 nitrogen and oxygen atoms in total. The molecule has 1 N–H and O–H groups in total. The molecule has 146 valence electrons. The molecule has 3 heterocycles. The van der Waals surface area contributed by atoms with Gasteiger partial charge in [0.25, 0.3) is 0 Å². The molecule has 0 unspecified atom stereocenters. The number of aromatic nitrogens is 3. The summed E-state index contributed by atoms with van der Waals surface area (Å²) in [5.41, 5.74) is 1.83. The Morgan fingerprint density at radius 3 is 2.79 bits per heavy atom. The van der Waals surface area contributed by atoms with Crippen LogP contribution in [0.3, 0.4) is 0 Å². The highest BCUT2D eigenvalue weighted by molar-refractivity contribution is 7.89. The maximum Gasteiger partial charge on any atom is 0.419 e. The van der Waals surface area contributed by atoms with Gasteiger partial charge in [0.15, 0.2) is 5.58 Å². The van der Waals surface area contributed by atoms with Gasteiger partial charge in [0.2, 0.25) is 10.0 Å². The number of benzene rings is 1. The predicted molar refractivity (Wildman–Crippen MR) is 107 cm³/mol. The van der Waals surface area contributed by atoms with Crippen molar-refractivity contribution in [3.05, 3.63) is 58.2 Å². The summed E-state index contributed by atoms with van der Waals surface area (Å²) in [5, 5.41) is 4.16. The van der Waals surface area contributed by atoms with Crippen LogP contribution in [0.25, 0.3) is 21.5 Å². The van der Waals surface area contributed by atoms with Crippen molar-refractivity contribution in [1.82, 2.24) is 19.1 Å². The first kappa shape index (κ1) is 18.7. The first-order chi connectivity index (χ1) is 13.3. The second kappa shape index (κ2) is 7.04. The van der Waals surface area contributed by atoms with E-state index < -0.39 is 15.8 Å². The second-order valence-electron chi connectivity index (χ2n) is 6.37. The van der Waals surface area contributed by atoms with Crippen molar-refractivity contribution >= 4 is 32.5 Å². The normalized spacial score (nSPS) is 12.1. The van der Waals surface area contributed by atoms with E-state index in [1.807, 2.05) is 25.4 Å². The molecule has 0 fully saturated rings. The first-order valence-electron chi connectivity index (χ1n) is 8.50. The Kier molecular flexibility index (Phi) is 4.69. The highest BCUT2D eigenvalue weighted by Gasteiger charge is 2.17. The molecule has 28 heavy (non-hydrogen) atoms. The van der Waals surface area contributed by atoms with Crippen molar-refractivity contribution in [3.63, 3.8) is 0 Å². The molecule has 0 amide bonds. The third-order valence-corrected chi connectivity index (χ3v) is 7.04. The average molecular weight is 419 g/mol. The minimum absolute atomic E-state index is 0.0960. The summed E-state index contributed by atoms with van der Waals surface area (Å²) in [6.07, 6.45) is 4.33. The Balaban J connectivity index is 1.45. The van der Waals surface area contributed by atoms with Crippen molar-refractivity contribution in [1.29, 1.82) is 0 Å². The number of nitrogens with one attached hydrogen (secondary N) is 1. The number of sulfonamides is 1. The summed E-state index contributed by atoms with van der Waals surface area (Å²) in [7, 11) is -0.284. The van der Waals surface area contributed by atoms with Gasteiger partial charge in [-0.25, -0.2) is 17.9 Å². The van der Waals surface area contributed by atoms with Crippen LogP contribution in [0.15, 0.2) is 56.8 Å². The van der Waals surface area contributed by atoms with Crippen LogP contribution in [0.5, 0.6) is 0 Å². The highest BCUT2D eigenvalue weighted by atomic mass is 32.2. The van der Waals surface area contributed by atoms with Crippen molar-refractivity contribution in [2.45, 2.75) is 11.3 Å². The number of hydrogen-bond donors (Lipinski definition) is 1. The van der Waals surface area contributed by atoms with Crippen LogP contribution < -0.4 is 10.5 Å². The lowest BCUT2D eigenvalue weighted by molar-refractivity contribution is 0.528. The van der Waals surface area contributed by atoms with Crippen molar-refractivity contribution in [2.24, 2.45) is 14.1 Å². The molecule has 0 spiro atoms. The summed E-state index contributed by atoms with van der Waals surface area (Å²) < 4.78 is 35.8. The van der Waals surface area contributed by atoms with Crippen molar-refractivity contribution in [3.8, 4) is 10.4 Å². The molecule has 10 heteroatoms. The fourth-order valence-corrected chi connectivity index (χ4v) is 4.91. The Hall–Kier alpha value is -2.69. The largest absolute Gasteiger partial charge is 0.419 e. The van der Waals surface area contributed by atoms with Gasteiger partial charge in [0.1, 0.15) is 0 Å². The number of rotatable bonds is 6. The van der Waals surface area contributed by atoms with Gasteiger partial charge >= 0.3 is 5.76 Å². The fourth-order valence-electron chi connectivity index (χ4n) is 2.88. The molecule has 0 radical (unpaired) electrons. The van der Waals surface area contributed by atoms with Crippen LogP contribution >= 0.6 is 11.3 Å². The number of hydrogen-bond acceptors (Lipinski definition) is 6. The Morgan fingerprint density at radius 2 is 2.04 bits per heavy atom. The molecule has 0 aliphatic heterocycles. The predicted octanol–water partition coefficient (Wildman–Crippen LogP) is 2.11. The van der Waals surface area contributed by atoms with E-state index in [1.54, 1.807) is 22.2 Å². The monoisotopic (exact) mass is 418 g/mol. The molecule has 0 aliphatic rings. The molecule has 0 aliphatic carbocycles. The van der Waals surface area contributed by atoms with E-state index in [2.05, 4.69) is 9.82 Å². The van der Waals surface area contributed by atoms with E-state index in [9.17, 15) is 13.2 Å². The van der Waals surface area contributed by atoms with Gasteiger partial charge in [-0.15, -0.1) is 11.3 Å². The van der Waals surface area contributed by atoms with Crippen LogP contribution in [-0.2, 0) is 30.5 Å². The third-order valence-electron chi connectivity index (χ3n) is 4.39. The van der Waals surface area contributed by atoms with Crippen LogP contribution in [0.4, 0.5) is 0 Å². The average Bonchev–Trinajstić information content (AvgIpc) is 3.35. The molecule has 0 saturated carbocycles. The summed E-state index contributed by atoms with van der Waals surface area (Å²) in [5.74, 6) is -0.528. The highest BCUT2D eigenvalue weighted by Crippen LogP contribution is 2.27. The summed E-state index contributed by atoms with van der Waals surface area (Å²) in [6.45, 7) is 0.275. The zero-order valence-electron chi connectivity index (χ0n) is 15.2. The molecule has 4 aromatic rings. The number of aryl methyl sites for hydroxylation is 2. The molecular formula is C18H18N4O4S2. The van der Waals surface area contributed by atoms with Gasteiger partial charge in [-0.05, 0) is 36.8 Å². The summed E-state index contributed by atoms with van der Waals surface area (Å²) in [4.78, 5) is 13.8. The first-order valence-corrected chi connectivity index (χ1v) is 10.8. The lowest BCUT2D eigenvalue weighted by atomic mass is 10.3. The molecule has 4 rings (SSSR count). The summed E-state index contributed by atoms with van der Waals surface area (Å²) in [6, 6.07) is 8.37. The minimum atomic E-state index is -3.69. The van der Waals surface area contributed by atoms with Crippen LogP contribution in [0, 0.1) is 0 Å². The smallest absolute Gasteiger partial charge is 0.408 e. The van der Waals surface area contributed by atoms with E-state index in [-0.39, 0.29) is 11.4 Å². The molecule has 3 aromatic heterocycles. The number of fused-ring (bicyclic) bond motifs is 1. The second-order valence-corrected chi connectivity index (χ2v) is 9.31. The lowest BCUT2D eigenvalue weighted by Gasteiger charge is -2.06. The standard InChI is InChI=1S/C18H18N4O4S2/c1-21-11-12(10-19-21)17-6-3-13(27-17)7-8-20-28(24,25)14-4-5-16-15(9-14)22(2)18(23)26-16/h3-6,9-11,20H,7-8H2,1-2H3. The van der Waals surface area contributed by atoms with E-state index in [4.69, 9.17) is 4.42 Å². The zero-order valence-corrected chi connectivity index (χ0v) is 16.9. The topological polar surface area (TPSA) is 99.1 Å². The Labute approximate surface area is 165 Å². The fraction of sp³-hybridized carbons (Fsp3) is 0.222. The van der Waals surface area contributed by atoms with E-state index in [1.165, 1.54) is 29.8 Å². The van der Waals surface area contributed by atoms with E-state index in [0.717, 1.165) is 15.3 Å². The molecule has 1 aromatic carbocycles. The maximum absolute atomic E-state index is 12.6. The quantitative estimate of drug-likeness (QED) is 0.517. The van der Waals surface area contributed by atoms with Crippen LogP contribution in [-0.4, -0.2) is 29.3 Å². The van der Waals surface area contributed by atoms with Gasteiger partial charge in [0, 0.05) is 42.2 Å². The van der Waals surface area contributed by atoms with Crippen molar-refractivity contribution in [2.75, 3.05) is 6.54 Å². The number of oxazole rings is 1. The SMILES string of the molecule is Cn1cc(-c2ccc(CCNS(=O)(=O)c3ccc4oc(=O)n(C)c4c3)s2)cn1. The number of thiophene rings is 1. The Morgan fingerprint density at radius 1 is 1.21 bits per heavy atom. The molecule has 0 bridgehead atoms. The molecule has 0 saturated heterocycles. The maximum atomic E-state index is 12.6. The third kappa shape index (κ3) is 3.53. The van der Waals surface area contributed by atoms with Gasteiger partial charge in [-0.2, -0.15) is 5.10 Å². The molecular weight excluding hydrogens is 400 g/mol. The summed E-state index contributed by atoms with van der Waals surface area (Å²) >= 11 is 1.61. The van der Waals surface area contributed by atoms with Crippen molar-refractivity contribution < 1.29 is 12.8 Å². The molecule has 0 atom stereocenters. The zero-order chi connectivity index (χ0) is 19.9. The van der Waals surface area contributed by atoms with Crippen LogP contribution in [0.2, 0.25) is 0 Å². The van der Waals surface area contributed by atoms with Gasteiger partial charge in [0.05, 0.1) is 16.6 Å². The van der Waals surface area contributed by atoms with Crippen LogP contribution in [0.1, 0.15) is 4.88 Å². The number of nitrogens with zero attached hydrogens (tertiary/aromatic N) is 3. The van der Waals surface area contributed by atoms with Gasteiger partial charge in [-0.1, -0.05) is 0 Å². The van der Waals surface area contributed by atoms with Gasteiger partial charge in [-0.3, -0.25) is 9.25 Å². The Bertz CT molecular complexity index is 1310. The van der Waals surface area contributed by atoms with E-state index >= 15 is 0 Å². The lowest BCUT2D eigenvalue weighted by Crippen LogP contribution is -2.25. The minimum Gasteiger partial charge on any atom is -0.408 e. The van der Waals surface area contributed by atoms with E-state index in [0.29, 0.717) is 17.5 Å².